The molecule has 2 amide bonds. The van der Waals surface area contributed by atoms with Crippen LogP contribution in [0.4, 0.5) is 11.4 Å². The van der Waals surface area contributed by atoms with Gasteiger partial charge in [0.05, 0.1) is 10.7 Å². The number of carbonyl (C=O) groups excluding carboxylic acids is 2. The Labute approximate surface area is 183 Å². The maximum absolute atomic E-state index is 12.9. The van der Waals surface area contributed by atoms with Crippen molar-refractivity contribution in [2.45, 2.75) is 52.6 Å². The fraction of sp³-hybridized carbons (Fsp3) is 0.417. The van der Waals surface area contributed by atoms with Crippen LogP contribution >= 0.6 is 11.6 Å². The first-order valence-corrected chi connectivity index (χ1v) is 10.8. The lowest BCUT2D eigenvalue weighted by Gasteiger charge is -2.30. The van der Waals surface area contributed by atoms with Crippen LogP contribution in [0.1, 0.15) is 52.1 Å². The third-order valence-electron chi connectivity index (χ3n) is 5.37. The van der Waals surface area contributed by atoms with E-state index in [0.717, 1.165) is 17.7 Å². The van der Waals surface area contributed by atoms with Crippen molar-refractivity contribution in [3.05, 3.63) is 59.1 Å². The number of halogens is 1. The van der Waals surface area contributed by atoms with Gasteiger partial charge in [-0.15, -0.1) is 0 Å². The van der Waals surface area contributed by atoms with Crippen molar-refractivity contribution >= 4 is 34.8 Å². The molecule has 1 heterocycles. The number of nitrogens with one attached hydrogen (secondary N) is 2. The van der Waals surface area contributed by atoms with Crippen molar-refractivity contribution in [2.75, 3.05) is 17.2 Å². The molecule has 160 valence electrons. The van der Waals surface area contributed by atoms with Gasteiger partial charge in [-0.3, -0.25) is 9.59 Å². The second-order valence-electron chi connectivity index (χ2n) is 8.87. The van der Waals surface area contributed by atoms with E-state index in [2.05, 4.69) is 29.7 Å². The van der Waals surface area contributed by atoms with E-state index in [-0.39, 0.29) is 17.9 Å². The van der Waals surface area contributed by atoms with Crippen LogP contribution in [0.2, 0.25) is 5.02 Å². The number of amides is 2. The summed E-state index contributed by atoms with van der Waals surface area (Å²) in [5.74, 6) is -0.160. The SMILES string of the molecule is CC(Nc1ccc(NC(=O)C2CCCN2C(=O)C(C)(C)C)cc1Cl)c1ccccc1. The predicted molar refractivity (Wildman–Crippen MR) is 123 cm³/mol. The van der Waals surface area contributed by atoms with E-state index in [0.29, 0.717) is 23.7 Å². The van der Waals surface area contributed by atoms with Gasteiger partial charge in [0.1, 0.15) is 6.04 Å². The first-order valence-electron chi connectivity index (χ1n) is 10.4. The lowest BCUT2D eigenvalue weighted by molar-refractivity contribution is -0.143. The van der Waals surface area contributed by atoms with Crippen molar-refractivity contribution in [1.29, 1.82) is 0 Å². The Bertz CT molecular complexity index is 908. The van der Waals surface area contributed by atoms with E-state index in [4.69, 9.17) is 11.6 Å². The molecule has 3 rings (SSSR count). The Morgan fingerprint density at radius 3 is 2.47 bits per heavy atom. The summed E-state index contributed by atoms with van der Waals surface area (Å²) < 4.78 is 0. The lowest BCUT2D eigenvalue weighted by Crippen LogP contribution is -2.47. The maximum Gasteiger partial charge on any atom is 0.247 e. The van der Waals surface area contributed by atoms with Crippen molar-refractivity contribution in [1.82, 2.24) is 4.90 Å². The zero-order valence-electron chi connectivity index (χ0n) is 18.0. The molecule has 1 saturated heterocycles. The van der Waals surface area contributed by atoms with Crippen molar-refractivity contribution in [3.63, 3.8) is 0 Å². The minimum atomic E-state index is -0.505. The topological polar surface area (TPSA) is 61.4 Å². The highest BCUT2D eigenvalue weighted by Gasteiger charge is 2.38. The molecule has 2 aromatic carbocycles. The van der Waals surface area contributed by atoms with E-state index in [1.54, 1.807) is 11.0 Å². The number of hydrogen-bond donors (Lipinski definition) is 2. The van der Waals surface area contributed by atoms with Crippen LogP contribution in [0.5, 0.6) is 0 Å². The molecule has 0 aromatic heterocycles. The number of likely N-dealkylation sites (tertiary alicyclic amines) is 1. The maximum atomic E-state index is 12.9. The van der Waals surface area contributed by atoms with Crippen molar-refractivity contribution < 1.29 is 9.59 Å². The fourth-order valence-electron chi connectivity index (χ4n) is 3.71. The van der Waals surface area contributed by atoms with E-state index in [1.165, 1.54) is 0 Å². The number of benzene rings is 2. The smallest absolute Gasteiger partial charge is 0.247 e. The largest absolute Gasteiger partial charge is 0.377 e. The molecule has 1 aliphatic rings. The third kappa shape index (κ3) is 5.14. The van der Waals surface area contributed by atoms with Gasteiger partial charge in [-0.25, -0.2) is 0 Å². The molecular weight excluding hydrogens is 398 g/mol. The van der Waals surface area contributed by atoms with Crippen LogP contribution in [0.15, 0.2) is 48.5 Å². The number of anilines is 2. The predicted octanol–water partition coefficient (Wildman–Crippen LogP) is 5.49. The summed E-state index contributed by atoms with van der Waals surface area (Å²) in [5, 5.41) is 6.86. The fourth-order valence-corrected chi connectivity index (χ4v) is 3.94. The van der Waals surface area contributed by atoms with Gasteiger partial charge >= 0.3 is 0 Å². The highest BCUT2D eigenvalue weighted by molar-refractivity contribution is 6.33. The summed E-state index contributed by atoms with van der Waals surface area (Å²) in [6.07, 6.45) is 1.51. The summed E-state index contributed by atoms with van der Waals surface area (Å²) in [7, 11) is 0. The zero-order valence-corrected chi connectivity index (χ0v) is 18.8. The number of carbonyl (C=O) groups is 2. The molecule has 0 saturated carbocycles. The van der Waals surface area contributed by atoms with Crippen LogP contribution in [0, 0.1) is 5.41 Å². The normalized spacial score (nSPS) is 17.5. The Kier molecular flexibility index (Phi) is 6.71. The molecule has 30 heavy (non-hydrogen) atoms. The van der Waals surface area contributed by atoms with Gasteiger partial charge < -0.3 is 15.5 Å². The van der Waals surface area contributed by atoms with Gasteiger partial charge in [-0.2, -0.15) is 0 Å². The van der Waals surface area contributed by atoms with Crippen molar-refractivity contribution in [2.24, 2.45) is 5.41 Å². The molecule has 1 fully saturated rings. The molecule has 0 spiro atoms. The van der Waals surface area contributed by atoms with Crippen LogP contribution < -0.4 is 10.6 Å². The molecule has 6 heteroatoms. The molecule has 1 aliphatic heterocycles. The molecule has 2 unspecified atom stereocenters. The molecular formula is C24H30ClN3O2. The Balaban J connectivity index is 1.66. The molecule has 0 radical (unpaired) electrons. The molecule has 0 bridgehead atoms. The molecule has 5 nitrogen and oxygen atoms in total. The first-order chi connectivity index (χ1) is 14.2. The van der Waals surface area contributed by atoms with Gasteiger partial charge in [-0.1, -0.05) is 62.7 Å². The van der Waals surface area contributed by atoms with Gasteiger partial charge in [0.25, 0.3) is 0 Å². The Morgan fingerprint density at radius 1 is 1.13 bits per heavy atom. The van der Waals surface area contributed by atoms with Crippen LogP contribution in [-0.2, 0) is 9.59 Å². The van der Waals surface area contributed by atoms with E-state index in [9.17, 15) is 9.59 Å². The van der Waals surface area contributed by atoms with Crippen LogP contribution in [-0.4, -0.2) is 29.3 Å². The average molecular weight is 428 g/mol. The first kappa shape index (κ1) is 22.2. The molecule has 2 N–H and O–H groups in total. The number of hydrogen-bond acceptors (Lipinski definition) is 3. The van der Waals surface area contributed by atoms with E-state index in [1.807, 2.05) is 51.1 Å². The number of nitrogens with zero attached hydrogens (tertiary/aromatic N) is 1. The summed E-state index contributed by atoms with van der Waals surface area (Å²) in [5.41, 5.74) is 2.08. The average Bonchev–Trinajstić information content (AvgIpc) is 3.19. The summed E-state index contributed by atoms with van der Waals surface area (Å²) >= 11 is 6.46. The summed E-state index contributed by atoms with van der Waals surface area (Å²) in [6.45, 7) is 8.33. The second kappa shape index (κ2) is 9.09. The van der Waals surface area contributed by atoms with Gasteiger partial charge in [0.2, 0.25) is 11.8 Å². The van der Waals surface area contributed by atoms with Gasteiger partial charge in [0, 0.05) is 23.7 Å². The summed E-state index contributed by atoms with van der Waals surface area (Å²) in [4.78, 5) is 27.2. The van der Waals surface area contributed by atoms with Crippen LogP contribution in [0.3, 0.4) is 0 Å². The quantitative estimate of drug-likeness (QED) is 0.663. The lowest BCUT2D eigenvalue weighted by atomic mass is 9.94. The summed E-state index contributed by atoms with van der Waals surface area (Å²) in [6, 6.07) is 15.2. The third-order valence-corrected chi connectivity index (χ3v) is 5.68. The van der Waals surface area contributed by atoms with E-state index >= 15 is 0 Å². The highest BCUT2D eigenvalue weighted by Crippen LogP contribution is 2.30. The monoisotopic (exact) mass is 427 g/mol. The minimum absolute atomic E-state index is 0.00706. The number of rotatable bonds is 5. The standard InChI is InChI=1S/C24H30ClN3O2/c1-16(17-9-6-5-7-10-17)26-20-13-12-18(15-19(20)25)27-22(29)21-11-8-14-28(21)23(30)24(2,3)4/h5-7,9-10,12-13,15-16,21,26H,8,11,14H2,1-4H3,(H,27,29). The molecule has 2 aromatic rings. The van der Waals surface area contributed by atoms with E-state index < -0.39 is 11.5 Å². The van der Waals surface area contributed by atoms with Crippen LogP contribution in [0.25, 0.3) is 0 Å². The Hall–Kier alpha value is -2.53. The molecule has 2 atom stereocenters. The minimum Gasteiger partial charge on any atom is -0.377 e. The zero-order chi connectivity index (χ0) is 21.9. The second-order valence-corrected chi connectivity index (χ2v) is 9.27. The molecule has 0 aliphatic carbocycles. The van der Waals surface area contributed by atoms with Gasteiger partial charge in [-0.05, 0) is 43.5 Å². The highest BCUT2D eigenvalue weighted by atomic mass is 35.5. The van der Waals surface area contributed by atoms with Crippen molar-refractivity contribution in [3.8, 4) is 0 Å². The van der Waals surface area contributed by atoms with Gasteiger partial charge in [0.15, 0.2) is 0 Å². The Morgan fingerprint density at radius 2 is 1.83 bits per heavy atom.